The van der Waals surface area contributed by atoms with E-state index in [1.54, 1.807) is 30.8 Å². The zero-order valence-electron chi connectivity index (χ0n) is 9.18. The van der Waals surface area contributed by atoms with Gasteiger partial charge in [0.25, 0.3) is 0 Å². The highest BCUT2D eigenvalue weighted by Crippen LogP contribution is 2.28. The molecule has 0 aliphatic carbocycles. The number of nitrogens with zero attached hydrogens (tertiary/aromatic N) is 2. The summed E-state index contributed by atoms with van der Waals surface area (Å²) in [5.41, 5.74) is 6.81. The van der Waals surface area contributed by atoms with Crippen molar-refractivity contribution >= 4 is 11.3 Å². The normalized spacial score (nSPS) is 12.4. The summed E-state index contributed by atoms with van der Waals surface area (Å²) in [7, 11) is 1.57. The summed E-state index contributed by atoms with van der Waals surface area (Å²) in [6.07, 6.45) is 3.22. The van der Waals surface area contributed by atoms with Crippen molar-refractivity contribution in [1.82, 2.24) is 9.97 Å². The van der Waals surface area contributed by atoms with Crippen molar-refractivity contribution in [2.24, 2.45) is 5.73 Å². The highest BCUT2D eigenvalue weighted by Gasteiger charge is 2.17. The van der Waals surface area contributed by atoms with E-state index < -0.39 is 0 Å². The molecule has 0 aliphatic rings. The molecule has 0 saturated heterocycles. The zero-order valence-corrected chi connectivity index (χ0v) is 9.99. The Labute approximate surface area is 98.1 Å². The van der Waals surface area contributed by atoms with E-state index in [0.29, 0.717) is 11.6 Å². The molecule has 2 aromatic heterocycles. The largest absolute Gasteiger partial charge is 0.480 e. The number of methoxy groups -OCH3 is 1. The molecule has 2 rings (SSSR count). The monoisotopic (exact) mass is 235 g/mol. The summed E-state index contributed by atoms with van der Waals surface area (Å²) in [4.78, 5) is 10.6. The van der Waals surface area contributed by atoms with Gasteiger partial charge < -0.3 is 10.5 Å². The fourth-order valence-electron chi connectivity index (χ4n) is 1.46. The van der Waals surface area contributed by atoms with Crippen molar-refractivity contribution in [3.05, 3.63) is 40.0 Å². The molecular weight excluding hydrogens is 222 g/mol. The predicted molar refractivity (Wildman–Crippen MR) is 63.7 cm³/mol. The van der Waals surface area contributed by atoms with Gasteiger partial charge in [-0.25, -0.2) is 4.98 Å². The Kier molecular flexibility index (Phi) is 3.17. The van der Waals surface area contributed by atoms with Gasteiger partial charge in [-0.2, -0.15) is 0 Å². The molecule has 2 heterocycles. The first-order chi connectivity index (χ1) is 7.72. The Hall–Kier alpha value is -1.46. The SMILES string of the molecule is COc1nccnc1C(N)c1ccc(C)s1. The van der Waals surface area contributed by atoms with Gasteiger partial charge in [0.2, 0.25) is 5.88 Å². The summed E-state index contributed by atoms with van der Waals surface area (Å²) in [6.45, 7) is 2.05. The summed E-state index contributed by atoms with van der Waals surface area (Å²) in [5, 5.41) is 0. The van der Waals surface area contributed by atoms with Gasteiger partial charge in [-0.05, 0) is 19.1 Å². The van der Waals surface area contributed by atoms with Crippen LogP contribution in [0.2, 0.25) is 0 Å². The lowest BCUT2D eigenvalue weighted by Gasteiger charge is -2.11. The van der Waals surface area contributed by atoms with E-state index in [2.05, 4.69) is 16.9 Å². The molecule has 5 heteroatoms. The Morgan fingerprint density at radius 2 is 2.06 bits per heavy atom. The van der Waals surface area contributed by atoms with Crippen molar-refractivity contribution in [3.63, 3.8) is 0 Å². The van der Waals surface area contributed by atoms with Gasteiger partial charge in [0.05, 0.1) is 13.2 Å². The maximum atomic E-state index is 6.13. The third-order valence-corrected chi connectivity index (χ3v) is 3.33. The Morgan fingerprint density at radius 1 is 1.31 bits per heavy atom. The minimum absolute atomic E-state index is 0.276. The van der Waals surface area contributed by atoms with E-state index in [4.69, 9.17) is 10.5 Å². The number of thiophene rings is 1. The van der Waals surface area contributed by atoms with Crippen molar-refractivity contribution in [2.75, 3.05) is 7.11 Å². The van der Waals surface area contributed by atoms with Crippen LogP contribution in [0.3, 0.4) is 0 Å². The molecule has 0 bridgehead atoms. The van der Waals surface area contributed by atoms with Crippen LogP contribution in [0.1, 0.15) is 21.5 Å². The van der Waals surface area contributed by atoms with Crippen LogP contribution >= 0.6 is 11.3 Å². The van der Waals surface area contributed by atoms with E-state index in [1.807, 2.05) is 12.1 Å². The van der Waals surface area contributed by atoms with E-state index in [9.17, 15) is 0 Å². The minimum Gasteiger partial charge on any atom is -0.480 e. The Bertz CT molecular complexity index is 484. The molecule has 2 N–H and O–H groups in total. The zero-order chi connectivity index (χ0) is 11.5. The summed E-state index contributed by atoms with van der Waals surface area (Å²) in [5.74, 6) is 0.487. The van der Waals surface area contributed by atoms with E-state index in [1.165, 1.54) is 4.88 Å². The number of aromatic nitrogens is 2. The molecule has 0 saturated carbocycles. The molecule has 0 amide bonds. The average Bonchev–Trinajstić information content (AvgIpc) is 2.75. The molecule has 4 nitrogen and oxygen atoms in total. The quantitative estimate of drug-likeness (QED) is 0.882. The highest BCUT2D eigenvalue weighted by atomic mass is 32.1. The van der Waals surface area contributed by atoms with E-state index >= 15 is 0 Å². The molecule has 0 aromatic carbocycles. The smallest absolute Gasteiger partial charge is 0.237 e. The van der Waals surface area contributed by atoms with Gasteiger partial charge in [0, 0.05) is 22.1 Å². The number of hydrogen-bond donors (Lipinski definition) is 1. The van der Waals surface area contributed by atoms with Crippen molar-refractivity contribution in [1.29, 1.82) is 0 Å². The maximum Gasteiger partial charge on any atom is 0.237 e. The second-order valence-corrected chi connectivity index (χ2v) is 4.70. The highest BCUT2D eigenvalue weighted by molar-refractivity contribution is 7.12. The first-order valence-corrected chi connectivity index (χ1v) is 5.71. The molecule has 0 radical (unpaired) electrons. The van der Waals surface area contributed by atoms with E-state index in [-0.39, 0.29) is 6.04 Å². The van der Waals surface area contributed by atoms with Gasteiger partial charge in [0.1, 0.15) is 5.69 Å². The van der Waals surface area contributed by atoms with Crippen LogP contribution in [0.15, 0.2) is 24.5 Å². The fourth-order valence-corrected chi connectivity index (χ4v) is 2.34. The summed E-state index contributed by atoms with van der Waals surface area (Å²) in [6, 6.07) is 3.78. The number of hydrogen-bond acceptors (Lipinski definition) is 5. The topological polar surface area (TPSA) is 61.0 Å². The number of aryl methyl sites for hydroxylation is 1. The summed E-state index contributed by atoms with van der Waals surface area (Å²) < 4.78 is 5.15. The van der Waals surface area contributed by atoms with Crippen LogP contribution in [0.5, 0.6) is 5.88 Å². The third-order valence-electron chi connectivity index (χ3n) is 2.25. The Balaban J connectivity index is 2.36. The molecule has 0 spiro atoms. The first-order valence-electron chi connectivity index (χ1n) is 4.89. The fraction of sp³-hybridized carbons (Fsp3) is 0.273. The van der Waals surface area contributed by atoms with Crippen LogP contribution in [0, 0.1) is 6.92 Å². The van der Waals surface area contributed by atoms with Crippen molar-refractivity contribution < 1.29 is 4.74 Å². The summed E-state index contributed by atoms with van der Waals surface area (Å²) >= 11 is 1.66. The van der Waals surface area contributed by atoms with Crippen molar-refractivity contribution in [2.45, 2.75) is 13.0 Å². The maximum absolute atomic E-state index is 6.13. The molecule has 2 aromatic rings. The second kappa shape index (κ2) is 4.59. The standard InChI is InChI=1S/C11H13N3OS/c1-7-3-4-8(16-7)9(12)10-11(15-2)14-6-5-13-10/h3-6,9H,12H2,1-2H3. The lowest BCUT2D eigenvalue weighted by Crippen LogP contribution is -2.14. The molecule has 16 heavy (non-hydrogen) atoms. The van der Waals surface area contributed by atoms with Crippen LogP contribution in [-0.4, -0.2) is 17.1 Å². The number of rotatable bonds is 3. The van der Waals surface area contributed by atoms with Crippen LogP contribution < -0.4 is 10.5 Å². The molecule has 0 aliphatic heterocycles. The number of ether oxygens (including phenoxy) is 1. The second-order valence-electron chi connectivity index (χ2n) is 3.38. The van der Waals surface area contributed by atoms with Crippen molar-refractivity contribution in [3.8, 4) is 5.88 Å². The Morgan fingerprint density at radius 3 is 2.69 bits per heavy atom. The van der Waals surface area contributed by atoms with Crippen LogP contribution in [0.4, 0.5) is 0 Å². The third kappa shape index (κ3) is 2.05. The number of nitrogens with two attached hydrogens (primary N) is 1. The van der Waals surface area contributed by atoms with Crippen LogP contribution in [0.25, 0.3) is 0 Å². The van der Waals surface area contributed by atoms with Gasteiger partial charge >= 0.3 is 0 Å². The van der Waals surface area contributed by atoms with Gasteiger partial charge in [0.15, 0.2) is 0 Å². The lowest BCUT2D eigenvalue weighted by molar-refractivity contribution is 0.387. The first kappa shape index (κ1) is 11.0. The molecule has 0 fully saturated rings. The average molecular weight is 235 g/mol. The molecule has 1 atom stereocenters. The van der Waals surface area contributed by atoms with Gasteiger partial charge in [-0.1, -0.05) is 0 Å². The lowest BCUT2D eigenvalue weighted by atomic mass is 10.2. The van der Waals surface area contributed by atoms with E-state index in [0.717, 1.165) is 4.88 Å². The van der Waals surface area contributed by atoms with Gasteiger partial charge in [-0.3, -0.25) is 4.98 Å². The molecular formula is C11H13N3OS. The predicted octanol–water partition coefficient (Wildman–Crippen LogP) is 1.90. The van der Waals surface area contributed by atoms with Gasteiger partial charge in [-0.15, -0.1) is 11.3 Å². The molecule has 1 unspecified atom stereocenters. The van der Waals surface area contributed by atoms with Crippen LogP contribution in [-0.2, 0) is 0 Å². The molecule has 84 valence electrons. The minimum atomic E-state index is -0.276.